The number of ether oxygens (including phenoxy) is 1. The minimum Gasteiger partial charge on any atom is -0.444 e. The molecule has 0 aromatic heterocycles. The van der Waals surface area contributed by atoms with Gasteiger partial charge in [-0.2, -0.15) is 0 Å². The second kappa shape index (κ2) is 8.01. The first kappa shape index (κ1) is 18.3. The van der Waals surface area contributed by atoms with Crippen LogP contribution in [0.1, 0.15) is 33.3 Å². The number of alkyl carbamates (subject to hydrolysis) is 1. The lowest BCUT2D eigenvalue weighted by atomic mass is 10.2. The summed E-state index contributed by atoms with van der Waals surface area (Å²) in [5.74, 6) is 0. The Hall–Kier alpha value is -0.780. The fraction of sp³-hybridized carbons (Fsp3) is 0.533. The van der Waals surface area contributed by atoms with Crippen LogP contribution in [0.2, 0.25) is 5.02 Å². The van der Waals surface area contributed by atoms with E-state index in [4.69, 9.17) is 16.3 Å². The predicted molar refractivity (Wildman–Crippen MR) is 89.7 cm³/mol. The van der Waals surface area contributed by atoms with E-state index in [1.54, 1.807) is 0 Å². The quantitative estimate of drug-likeness (QED) is 0.812. The molecule has 1 rings (SSSR count). The summed E-state index contributed by atoms with van der Waals surface area (Å²) in [6.45, 7) is 8.63. The molecule has 2 N–H and O–H groups in total. The third kappa shape index (κ3) is 7.69. The van der Waals surface area contributed by atoms with E-state index in [1.807, 2.05) is 45.9 Å². The van der Waals surface area contributed by atoms with Crippen molar-refractivity contribution in [1.29, 1.82) is 0 Å². The Labute approximate surface area is 139 Å². The molecule has 0 saturated heterocycles. The molecule has 0 aliphatic heterocycles. The van der Waals surface area contributed by atoms with Crippen molar-refractivity contribution in [1.82, 2.24) is 10.6 Å². The van der Waals surface area contributed by atoms with Gasteiger partial charge in [-0.15, -0.1) is 0 Å². The van der Waals surface area contributed by atoms with Crippen molar-refractivity contribution in [3.63, 3.8) is 0 Å². The highest BCUT2D eigenvalue weighted by molar-refractivity contribution is 9.10. The summed E-state index contributed by atoms with van der Waals surface area (Å²) < 4.78 is 6.13. The smallest absolute Gasteiger partial charge is 0.407 e. The lowest BCUT2D eigenvalue weighted by molar-refractivity contribution is 0.0523. The highest BCUT2D eigenvalue weighted by atomic mass is 79.9. The molecule has 1 aromatic carbocycles. The van der Waals surface area contributed by atoms with Crippen LogP contribution in [-0.4, -0.2) is 24.3 Å². The van der Waals surface area contributed by atoms with Gasteiger partial charge in [0.15, 0.2) is 0 Å². The summed E-state index contributed by atoms with van der Waals surface area (Å²) in [7, 11) is 0. The largest absolute Gasteiger partial charge is 0.444 e. The maximum absolute atomic E-state index is 11.5. The first-order chi connectivity index (χ1) is 9.67. The van der Waals surface area contributed by atoms with Crippen molar-refractivity contribution in [3.05, 3.63) is 33.3 Å². The zero-order valence-electron chi connectivity index (χ0n) is 12.8. The molecule has 0 heterocycles. The number of nitrogens with one attached hydrogen (secondary N) is 2. The van der Waals surface area contributed by atoms with Crippen molar-refractivity contribution in [2.75, 3.05) is 6.54 Å². The molecular formula is C15H22BrClN2O2. The first-order valence-electron chi connectivity index (χ1n) is 6.81. The van der Waals surface area contributed by atoms with E-state index in [0.717, 1.165) is 10.0 Å². The van der Waals surface area contributed by atoms with Crippen LogP contribution in [0.25, 0.3) is 0 Å². The number of carbonyl (C=O) groups excluding carboxylic acids is 1. The molecule has 1 unspecified atom stereocenters. The van der Waals surface area contributed by atoms with Gasteiger partial charge in [0.2, 0.25) is 0 Å². The predicted octanol–water partition coefficient (Wildman–Crippen LogP) is 4.11. The molecule has 21 heavy (non-hydrogen) atoms. The molecule has 1 atom stereocenters. The van der Waals surface area contributed by atoms with Crippen LogP contribution in [0, 0.1) is 0 Å². The normalized spacial score (nSPS) is 12.9. The molecule has 0 saturated carbocycles. The average Bonchev–Trinajstić information content (AvgIpc) is 2.33. The fourth-order valence-corrected chi connectivity index (χ4v) is 2.31. The summed E-state index contributed by atoms with van der Waals surface area (Å²) >= 11 is 9.53. The van der Waals surface area contributed by atoms with Crippen LogP contribution >= 0.6 is 27.5 Å². The van der Waals surface area contributed by atoms with E-state index in [-0.39, 0.29) is 6.04 Å². The summed E-state index contributed by atoms with van der Waals surface area (Å²) in [4.78, 5) is 11.5. The summed E-state index contributed by atoms with van der Waals surface area (Å²) in [5.41, 5.74) is 0.537. The number of amides is 1. The molecule has 118 valence electrons. The standard InChI is InChI=1S/C15H22BrClN2O2/c1-10(8-19-14(20)21-15(2,3)4)18-9-11-5-6-12(16)7-13(11)17/h5-7,10,18H,8-9H2,1-4H3,(H,19,20). The highest BCUT2D eigenvalue weighted by Gasteiger charge is 2.16. The maximum atomic E-state index is 11.5. The maximum Gasteiger partial charge on any atom is 0.407 e. The van der Waals surface area contributed by atoms with Crippen LogP contribution in [0.4, 0.5) is 4.79 Å². The Morgan fingerprint density at radius 1 is 1.43 bits per heavy atom. The second-order valence-electron chi connectivity index (χ2n) is 5.90. The first-order valence-corrected chi connectivity index (χ1v) is 7.98. The van der Waals surface area contributed by atoms with Crippen molar-refractivity contribution in [2.45, 2.75) is 45.9 Å². The van der Waals surface area contributed by atoms with E-state index < -0.39 is 11.7 Å². The molecule has 0 radical (unpaired) electrons. The van der Waals surface area contributed by atoms with Gasteiger partial charge in [0, 0.05) is 28.6 Å². The van der Waals surface area contributed by atoms with Gasteiger partial charge in [-0.05, 0) is 45.4 Å². The molecule has 6 heteroatoms. The Bertz CT molecular complexity index is 489. The lowest BCUT2D eigenvalue weighted by Crippen LogP contribution is -2.41. The van der Waals surface area contributed by atoms with Crippen LogP contribution in [0.5, 0.6) is 0 Å². The Balaban J connectivity index is 2.34. The Morgan fingerprint density at radius 2 is 2.10 bits per heavy atom. The van der Waals surface area contributed by atoms with Gasteiger partial charge in [-0.3, -0.25) is 0 Å². The van der Waals surface area contributed by atoms with Gasteiger partial charge >= 0.3 is 6.09 Å². The average molecular weight is 378 g/mol. The number of halogens is 2. The monoisotopic (exact) mass is 376 g/mol. The summed E-state index contributed by atoms with van der Waals surface area (Å²) in [6.07, 6.45) is -0.405. The van der Waals surface area contributed by atoms with Crippen molar-refractivity contribution < 1.29 is 9.53 Å². The van der Waals surface area contributed by atoms with E-state index >= 15 is 0 Å². The van der Waals surface area contributed by atoms with Crippen molar-refractivity contribution in [3.8, 4) is 0 Å². The summed E-state index contributed by atoms with van der Waals surface area (Å²) in [6, 6.07) is 5.89. The molecule has 0 spiro atoms. The van der Waals surface area contributed by atoms with Gasteiger partial charge in [-0.1, -0.05) is 33.6 Å². The zero-order chi connectivity index (χ0) is 16.0. The molecule has 1 amide bonds. The number of rotatable bonds is 5. The van der Waals surface area contributed by atoms with Gasteiger partial charge in [-0.25, -0.2) is 4.79 Å². The molecule has 1 aromatic rings. The number of hydrogen-bond acceptors (Lipinski definition) is 3. The minimum atomic E-state index is -0.480. The van der Waals surface area contributed by atoms with E-state index in [1.165, 1.54) is 0 Å². The van der Waals surface area contributed by atoms with Gasteiger partial charge in [0.25, 0.3) is 0 Å². The Kier molecular flexibility index (Phi) is 6.97. The molecule has 0 aliphatic rings. The number of carbonyl (C=O) groups is 1. The van der Waals surface area contributed by atoms with Gasteiger partial charge in [0.05, 0.1) is 0 Å². The van der Waals surface area contributed by atoms with E-state index in [9.17, 15) is 4.79 Å². The molecule has 0 aliphatic carbocycles. The zero-order valence-corrected chi connectivity index (χ0v) is 15.1. The SMILES string of the molecule is CC(CNC(=O)OC(C)(C)C)NCc1ccc(Br)cc1Cl. The number of hydrogen-bond donors (Lipinski definition) is 2. The van der Waals surface area contributed by atoms with Crippen LogP contribution < -0.4 is 10.6 Å². The fourth-order valence-electron chi connectivity index (χ4n) is 1.57. The Morgan fingerprint density at radius 3 is 2.67 bits per heavy atom. The molecule has 0 fully saturated rings. The third-order valence-electron chi connectivity index (χ3n) is 2.61. The number of benzene rings is 1. The van der Waals surface area contributed by atoms with Crippen LogP contribution in [0.3, 0.4) is 0 Å². The minimum absolute atomic E-state index is 0.109. The van der Waals surface area contributed by atoms with Crippen molar-refractivity contribution in [2.24, 2.45) is 0 Å². The van der Waals surface area contributed by atoms with E-state index in [0.29, 0.717) is 18.1 Å². The van der Waals surface area contributed by atoms with Crippen LogP contribution in [-0.2, 0) is 11.3 Å². The lowest BCUT2D eigenvalue weighted by Gasteiger charge is -2.21. The third-order valence-corrected chi connectivity index (χ3v) is 3.45. The topological polar surface area (TPSA) is 50.4 Å². The van der Waals surface area contributed by atoms with Gasteiger partial charge < -0.3 is 15.4 Å². The van der Waals surface area contributed by atoms with Crippen molar-refractivity contribution >= 4 is 33.6 Å². The van der Waals surface area contributed by atoms with Crippen LogP contribution in [0.15, 0.2) is 22.7 Å². The summed E-state index contributed by atoms with van der Waals surface area (Å²) in [5, 5.41) is 6.75. The molecular weight excluding hydrogens is 356 g/mol. The highest BCUT2D eigenvalue weighted by Crippen LogP contribution is 2.21. The van der Waals surface area contributed by atoms with E-state index in [2.05, 4.69) is 26.6 Å². The molecule has 0 bridgehead atoms. The van der Waals surface area contributed by atoms with Gasteiger partial charge in [0.1, 0.15) is 5.60 Å². The second-order valence-corrected chi connectivity index (χ2v) is 7.22. The molecule has 4 nitrogen and oxygen atoms in total.